The summed E-state index contributed by atoms with van der Waals surface area (Å²) >= 11 is 1.98. The Morgan fingerprint density at radius 3 is 2.53 bits per heavy atom. The third kappa shape index (κ3) is 3.69. The van der Waals surface area contributed by atoms with Gasteiger partial charge in [0.15, 0.2) is 12.2 Å². The number of halogens is 1. The Labute approximate surface area is 101 Å². The second-order valence-corrected chi connectivity index (χ2v) is 4.26. The van der Waals surface area contributed by atoms with Crippen LogP contribution in [0.1, 0.15) is 13.8 Å². The van der Waals surface area contributed by atoms with Gasteiger partial charge in [-0.1, -0.05) is 0 Å². The second-order valence-electron chi connectivity index (χ2n) is 3.01. The normalized spacial score (nSPS) is 24.9. The second kappa shape index (κ2) is 5.34. The molecule has 0 aromatic carbocycles. The van der Waals surface area contributed by atoms with E-state index in [1.54, 1.807) is 0 Å². The van der Waals surface area contributed by atoms with Gasteiger partial charge in [-0.15, -0.1) is 0 Å². The van der Waals surface area contributed by atoms with Crippen molar-refractivity contribution in [3.05, 3.63) is 9.84 Å². The first kappa shape index (κ1) is 12.3. The molecule has 0 unspecified atom stereocenters. The van der Waals surface area contributed by atoms with Crippen LogP contribution >= 0.6 is 22.6 Å². The van der Waals surface area contributed by atoms with E-state index in [-0.39, 0.29) is 6.61 Å². The first-order valence-electron chi connectivity index (χ1n) is 4.32. The minimum atomic E-state index is -0.566. The number of hydrogen-bond acceptors (Lipinski definition) is 5. The monoisotopic (exact) mass is 326 g/mol. The SMILES string of the molecule is CC(=O)O[C@@H]1C(I)=COC[C@H]1OC(C)=O. The van der Waals surface area contributed by atoms with Gasteiger partial charge in [0.25, 0.3) is 0 Å². The summed E-state index contributed by atoms with van der Waals surface area (Å²) in [5.41, 5.74) is 0. The highest BCUT2D eigenvalue weighted by molar-refractivity contribution is 14.1. The molecule has 0 aromatic heterocycles. The predicted octanol–water partition coefficient (Wildman–Crippen LogP) is 1.16. The lowest BCUT2D eigenvalue weighted by Crippen LogP contribution is -2.40. The number of hydrogen-bond donors (Lipinski definition) is 0. The van der Waals surface area contributed by atoms with E-state index >= 15 is 0 Å². The van der Waals surface area contributed by atoms with E-state index in [0.717, 1.165) is 0 Å². The van der Waals surface area contributed by atoms with Crippen LogP contribution in [0.2, 0.25) is 0 Å². The van der Waals surface area contributed by atoms with Crippen molar-refractivity contribution in [1.29, 1.82) is 0 Å². The summed E-state index contributed by atoms with van der Waals surface area (Å²) in [5, 5.41) is 0. The van der Waals surface area contributed by atoms with Gasteiger partial charge in [-0.3, -0.25) is 9.59 Å². The smallest absolute Gasteiger partial charge is 0.303 e. The fraction of sp³-hybridized carbons (Fsp3) is 0.556. The number of rotatable bonds is 2. The molecular formula is C9H11IO5. The van der Waals surface area contributed by atoms with E-state index < -0.39 is 24.1 Å². The highest BCUT2D eigenvalue weighted by Gasteiger charge is 2.33. The largest absolute Gasteiger partial charge is 0.496 e. The number of carbonyl (C=O) groups excluding carboxylic acids is 2. The molecule has 2 atom stereocenters. The van der Waals surface area contributed by atoms with E-state index in [0.29, 0.717) is 3.58 Å². The summed E-state index contributed by atoms with van der Waals surface area (Å²) in [6.45, 7) is 2.81. The lowest BCUT2D eigenvalue weighted by Gasteiger charge is -2.28. The highest BCUT2D eigenvalue weighted by atomic mass is 127. The molecule has 0 saturated carbocycles. The summed E-state index contributed by atoms with van der Waals surface area (Å²) in [6.07, 6.45) is 0.373. The van der Waals surface area contributed by atoms with Gasteiger partial charge in [0.05, 0.1) is 9.84 Å². The Hall–Kier alpha value is -0.790. The predicted molar refractivity (Wildman–Crippen MR) is 59.2 cm³/mol. The van der Waals surface area contributed by atoms with Crippen molar-refractivity contribution in [2.24, 2.45) is 0 Å². The van der Waals surface area contributed by atoms with Crippen LogP contribution in [0.15, 0.2) is 9.84 Å². The van der Waals surface area contributed by atoms with Gasteiger partial charge in [0.2, 0.25) is 0 Å². The van der Waals surface area contributed by atoms with Crippen LogP contribution < -0.4 is 0 Å². The topological polar surface area (TPSA) is 61.8 Å². The molecule has 0 spiro atoms. The van der Waals surface area contributed by atoms with E-state index in [1.807, 2.05) is 22.6 Å². The van der Waals surface area contributed by atoms with Gasteiger partial charge in [0, 0.05) is 13.8 Å². The van der Waals surface area contributed by atoms with Crippen LogP contribution in [0.5, 0.6) is 0 Å². The van der Waals surface area contributed by atoms with Gasteiger partial charge in [-0.05, 0) is 22.6 Å². The van der Waals surface area contributed by atoms with Gasteiger partial charge in [-0.2, -0.15) is 0 Å². The number of esters is 2. The minimum absolute atomic E-state index is 0.198. The zero-order valence-electron chi connectivity index (χ0n) is 8.36. The van der Waals surface area contributed by atoms with Crippen LogP contribution in [0, 0.1) is 0 Å². The van der Waals surface area contributed by atoms with Crippen molar-refractivity contribution in [2.45, 2.75) is 26.1 Å². The molecule has 1 aliphatic rings. The molecule has 0 radical (unpaired) electrons. The van der Waals surface area contributed by atoms with E-state index in [4.69, 9.17) is 14.2 Å². The maximum absolute atomic E-state index is 10.9. The molecule has 0 fully saturated rings. The van der Waals surface area contributed by atoms with Gasteiger partial charge >= 0.3 is 11.9 Å². The summed E-state index contributed by atoms with van der Waals surface area (Å²) < 4.78 is 15.8. The van der Waals surface area contributed by atoms with E-state index in [1.165, 1.54) is 20.1 Å². The molecule has 0 amide bonds. The molecule has 15 heavy (non-hydrogen) atoms. The zero-order chi connectivity index (χ0) is 11.4. The Kier molecular flexibility index (Phi) is 4.37. The Morgan fingerprint density at radius 1 is 1.40 bits per heavy atom. The third-order valence-electron chi connectivity index (χ3n) is 1.68. The molecule has 0 bridgehead atoms. The zero-order valence-corrected chi connectivity index (χ0v) is 10.5. The molecule has 1 rings (SSSR count). The molecule has 84 valence electrons. The Balaban J connectivity index is 2.72. The maximum Gasteiger partial charge on any atom is 0.303 e. The van der Waals surface area contributed by atoms with Crippen LogP contribution in [0.25, 0.3) is 0 Å². The van der Waals surface area contributed by atoms with Crippen molar-refractivity contribution < 1.29 is 23.8 Å². The van der Waals surface area contributed by atoms with Gasteiger partial charge in [0.1, 0.15) is 6.61 Å². The average Bonchev–Trinajstić information content (AvgIpc) is 2.09. The lowest BCUT2D eigenvalue weighted by atomic mass is 10.2. The van der Waals surface area contributed by atoms with Crippen LogP contribution in [0.3, 0.4) is 0 Å². The highest BCUT2D eigenvalue weighted by Crippen LogP contribution is 2.25. The standard InChI is InChI=1S/C9H11IO5/c1-5(11)14-8-4-13-3-7(10)9(8)15-6(2)12/h3,8-9H,4H2,1-2H3/t8-,9-/m1/s1. The quantitative estimate of drug-likeness (QED) is 0.563. The summed E-state index contributed by atoms with van der Waals surface area (Å²) in [4.78, 5) is 21.7. The Morgan fingerprint density at radius 2 is 2.00 bits per heavy atom. The maximum atomic E-state index is 10.9. The molecule has 6 heteroatoms. The molecule has 0 saturated heterocycles. The molecule has 0 N–H and O–H groups in total. The van der Waals surface area contributed by atoms with Crippen LogP contribution in [-0.4, -0.2) is 30.8 Å². The Bertz CT molecular complexity index is 299. The lowest BCUT2D eigenvalue weighted by molar-refractivity contribution is -0.166. The molecule has 0 aliphatic carbocycles. The molecule has 1 heterocycles. The van der Waals surface area contributed by atoms with Crippen molar-refractivity contribution >= 4 is 34.5 Å². The van der Waals surface area contributed by atoms with E-state index in [9.17, 15) is 9.59 Å². The van der Waals surface area contributed by atoms with Crippen LogP contribution in [0.4, 0.5) is 0 Å². The fourth-order valence-corrected chi connectivity index (χ4v) is 1.88. The first-order valence-corrected chi connectivity index (χ1v) is 5.40. The van der Waals surface area contributed by atoms with Crippen molar-refractivity contribution in [3.63, 3.8) is 0 Å². The molecule has 0 aromatic rings. The number of carbonyl (C=O) groups is 2. The van der Waals surface area contributed by atoms with Crippen molar-refractivity contribution in [3.8, 4) is 0 Å². The fourth-order valence-electron chi connectivity index (χ4n) is 1.17. The average molecular weight is 326 g/mol. The van der Waals surface area contributed by atoms with Gasteiger partial charge < -0.3 is 14.2 Å². The first-order chi connectivity index (χ1) is 7.00. The van der Waals surface area contributed by atoms with Crippen LogP contribution in [-0.2, 0) is 23.8 Å². The molecule has 5 nitrogen and oxygen atoms in total. The van der Waals surface area contributed by atoms with E-state index in [2.05, 4.69) is 0 Å². The minimum Gasteiger partial charge on any atom is -0.496 e. The molecule has 1 aliphatic heterocycles. The van der Waals surface area contributed by atoms with Crippen molar-refractivity contribution in [2.75, 3.05) is 6.61 Å². The summed E-state index contributed by atoms with van der Waals surface area (Å²) in [5.74, 6) is -0.839. The van der Waals surface area contributed by atoms with Gasteiger partial charge in [-0.25, -0.2) is 0 Å². The third-order valence-corrected chi connectivity index (χ3v) is 2.54. The molecular weight excluding hydrogens is 315 g/mol. The summed E-state index contributed by atoms with van der Waals surface area (Å²) in [6, 6.07) is 0. The number of ether oxygens (including phenoxy) is 3. The summed E-state index contributed by atoms with van der Waals surface area (Å²) in [7, 11) is 0. The van der Waals surface area contributed by atoms with Crippen molar-refractivity contribution in [1.82, 2.24) is 0 Å².